The van der Waals surface area contributed by atoms with Crippen LogP contribution in [0.1, 0.15) is 26.2 Å². The van der Waals surface area contributed by atoms with Crippen molar-refractivity contribution in [2.45, 2.75) is 38.5 Å². The lowest BCUT2D eigenvalue weighted by Gasteiger charge is -2.09. The van der Waals surface area contributed by atoms with Crippen molar-refractivity contribution in [2.24, 2.45) is 0 Å². The molecule has 2 atom stereocenters. The molecule has 0 aromatic rings. The molecule has 0 N–H and O–H groups in total. The van der Waals surface area contributed by atoms with Gasteiger partial charge in [0.05, 0.1) is 0 Å². The van der Waals surface area contributed by atoms with Crippen LogP contribution in [-0.4, -0.2) is 29.9 Å². The van der Waals surface area contributed by atoms with Crippen LogP contribution in [0.15, 0.2) is 0 Å². The second-order valence-corrected chi connectivity index (χ2v) is 4.05. The van der Waals surface area contributed by atoms with Crippen LogP contribution >= 0.6 is 11.8 Å². The van der Waals surface area contributed by atoms with Crippen LogP contribution in [0, 0.1) is 0 Å². The molecule has 0 aliphatic rings. The number of alkyl halides is 3. The minimum atomic E-state index is -2.01. The third-order valence-electron chi connectivity index (χ3n) is 1.72. The number of rotatable bonds is 7. The molecule has 0 amide bonds. The van der Waals surface area contributed by atoms with Crippen molar-refractivity contribution in [3.63, 3.8) is 0 Å². The molecule has 14 heavy (non-hydrogen) atoms. The lowest BCUT2D eigenvalue weighted by Crippen LogP contribution is -2.19. The molecule has 0 aromatic carbocycles. The molecule has 0 aliphatic heterocycles. The number of thioether (sulfide) groups is 1. The topological polar surface area (TPSA) is 17.1 Å². The van der Waals surface area contributed by atoms with Gasteiger partial charge >= 0.3 is 0 Å². The molecule has 0 heterocycles. The molecule has 0 aliphatic carbocycles. The van der Waals surface area contributed by atoms with E-state index in [9.17, 15) is 18.0 Å². The molecule has 2 unspecified atom stereocenters. The van der Waals surface area contributed by atoms with Crippen LogP contribution < -0.4 is 0 Å². The maximum atomic E-state index is 12.7. The minimum absolute atomic E-state index is 0.0188. The maximum Gasteiger partial charge on any atom is 0.188 e. The zero-order chi connectivity index (χ0) is 11.0. The number of hydrogen-bond acceptors (Lipinski definition) is 2. The van der Waals surface area contributed by atoms with Crippen LogP contribution in [-0.2, 0) is 4.79 Å². The summed E-state index contributed by atoms with van der Waals surface area (Å²) < 4.78 is 36.7. The second kappa shape index (κ2) is 8.15. The predicted molar refractivity (Wildman–Crippen MR) is 52.8 cm³/mol. The van der Waals surface area contributed by atoms with E-state index >= 15 is 0 Å². The first-order chi connectivity index (χ1) is 6.61. The van der Waals surface area contributed by atoms with E-state index in [0.29, 0.717) is 18.6 Å². The summed E-state index contributed by atoms with van der Waals surface area (Å²) in [6, 6.07) is 0. The van der Waals surface area contributed by atoms with Crippen molar-refractivity contribution in [3.05, 3.63) is 0 Å². The molecular formula is C9H15F3OS. The standard InChI is InChI=1S/C9H15F3OS/c1-2-9(13)14-5-3-4-7(11)8(12)6-10/h7-8H,2-6H2,1H3. The monoisotopic (exact) mass is 228 g/mol. The predicted octanol–water partition coefficient (Wildman–Crippen LogP) is 3.08. The van der Waals surface area contributed by atoms with Crippen LogP contribution in [0.2, 0.25) is 0 Å². The highest BCUT2D eigenvalue weighted by Crippen LogP contribution is 2.14. The van der Waals surface area contributed by atoms with Gasteiger partial charge in [-0.3, -0.25) is 4.79 Å². The van der Waals surface area contributed by atoms with Gasteiger partial charge in [0.2, 0.25) is 0 Å². The van der Waals surface area contributed by atoms with E-state index in [4.69, 9.17) is 0 Å². The van der Waals surface area contributed by atoms with Crippen LogP contribution in [0.25, 0.3) is 0 Å². The Bertz CT molecular complexity index is 166. The third kappa shape index (κ3) is 6.29. The van der Waals surface area contributed by atoms with Crippen molar-refractivity contribution in [3.8, 4) is 0 Å². The summed E-state index contributed by atoms with van der Waals surface area (Å²) in [5.74, 6) is 0.478. The van der Waals surface area contributed by atoms with Gasteiger partial charge in [-0.15, -0.1) is 0 Å². The van der Waals surface area contributed by atoms with Gasteiger partial charge in [-0.25, -0.2) is 13.2 Å². The summed E-state index contributed by atoms with van der Waals surface area (Å²) >= 11 is 1.12. The van der Waals surface area contributed by atoms with Gasteiger partial charge in [-0.2, -0.15) is 0 Å². The van der Waals surface area contributed by atoms with Crippen LogP contribution in [0.5, 0.6) is 0 Å². The largest absolute Gasteiger partial charge is 0.287 e. The van der Waals surface area contributed by atoms with Gasteiger partial charge in [0.15, 0.2) is 11.3 Å². The molecule has 84 valence electrons. The fraction of sp³-hybridized carbons (Fsp3) is 0.889. The molecule has 0 fully saturated rings. The summed E-state index contributed by atoms with van der Waals surface area (Å²) in [6.45, 7) is 0.468. The van der Waals surface area contributed by atoms with E-state index in [-0.39, 0.29) is 11.5 Å². The second-order valence-electron chi connectivity index (χ2n) is 2.90. The van der Waals surface area contributed by atoms with Crippen molar-refractivity contribution in [2.75, 3.05) is 12.4 Å². The molecule has 0 radical (unpaired) electrons. The number of carbonyl (C=O) groups is 1. The van der Waals surface area contributed by atoms with Crippen LogP contribution in [0.4, 0.5) is 13.2 Å². The maximum absolute atomic E-state index is 12.7. The Kier molecular flexibility index (Phi) is 8.04. The molecule has 5 heteroatoms. The summed E-state index contributed by atoms with van der Waals surface area (Å²) in [7, 11) is 0. The van der Waals surface area contributed by atoms with Gasteiger partial charge in [0, 0.05) is 12.2 Å². The van der Waals surface area contributed by atoms with E-state index in [1.807, 2.05) is 0 Å². The fourth-order valence-corrected chi connectivity index (χ4v) is 1.59. The van der Waals surface area contributed by atoms with Gasteiger partial charge in [-0.05, 0) is 12.8 Å². The molecule has 0 spiro atoms. The quantitative estimate of drug-likeness (QED) is 0.623. The summed E-state index contributed by atoms with van der Waals surface area (Å²) in [6.07, 6.45) is -2.92. The average molecular weight is 228 g/mol. The number of hydrogen-bond donors (Lipinski definition) is 0. The highest BCUT2D eigenvalue weighted by atomic mass is 32.2. The summed E-state index contributed by atoms with van der Waals surface area (Å²) in [4.78, 5) is 10.8. The Morgan fingerprint density at radius 3 is 2.50 bits per heavy atom. The lowest BCUT2D eigenvalue weighted by molar-refractivity contribution is -0.110. The Balaban J connectivity index is 3.40. The summed E-state index contributed by atoms with van der Waals surface area (Å²) in [5, 5.41) is 0.0442. The summed E-state index contributed by atoms with van der Waals surface area (Å²) in [5.41, 5.74) is 0. The highest BCUT2D eigenvalue weighted by molar-refractivity contribution is 8.13. The molecule has 0 aromatic heterocycles. The molecule has 1 nitrogen and oxygen atoms in total. The zero-order valence-electron chi connectivity index (χ0n) is 8.14. The molecule has 0 saturated carbocycles. The van der Waals surface area contributed by atoms with E-state index in [1.165, 1.54) is 0 Å². The van der Waals surface area contributed by atoms with Crippen LogP contribution in [0.3, 0.4) is 0 Å². The first kappa shape index (κ1) is 13.8. The minimum Gasteiger partial charge on any atom is -0.287 e. The van der Waals surface area contributed by atoms with Crippen molar-refractivity contribution in [1.82, 2.24) is 0 Å². The lowest BCUT2D eigenvalue weighted by atomic mass is 10.1. The van der Waals surface area contributed by atoms with Gasteiger partial charge in [0.1, 0.15) is 12.8 Å². The SMILES string of the molecule is CCC(=O)SCCCC(F)C(F)CF. The Hall–Kier alpha value is -0.190. The molecule has 0 rings (SSSR count). The van der Waals surface area contributed by atoms with Crippen molar-refractivity contribution >= 4 is 16.9 Å². The van der Waals surface area contributed by atoms with E-state index in [1.54, 1.807) is 6.92 Å². The fourth-order valence-electron chi connectivity index (χ4n) is 0.844. The van der Waals surface area contributed by atoms with Crippen molar-refractivity contribution in [1.29, 1.82) is 0 Å². The number of halogens is 3. The zero-order valence-corrected chi connectivity index (χ0v) is 8.96. The van der Waals surface area contributed by atoms with E-state index < -0.39 is 19.0 Å². The molecule has 0 saturated heterocycles. The first-order valence-corrected chi connectivity index (χ1v) is 5.60. The Labute approximate surface area is 86.4 Å². The average Bonchev–Trinajstić information content (AvgIpc) is 2.22. The van der Waals surface area contributed by atoms with Gasteiger partial charge in [0.25, 0.3) is 0 Å². The van der Waals surface area contributed by atoms with E-state index in [0.717, 1.165) is 11.8 Å². The Morgan fingerprint density at radius 2 is 2.00 bits per heavy atom. The normalized spacial score (nSPS) is 15.1. The Morgan fingerprint density at radius 1 is 1.36 bits per heavy atom. The highest BCUT2D eigenvalue weighted by Gasteiger charge is 2.19. The molecule has 0 bridgehead atoms. The third-order valence-corrected chi connectivity index (χ3v) is 2.82. The smallest absolute Gasteiger partial charge is 0.188 e. The van der Waals surface area contributed by atoms with Crippen molar-refractivity contribution < 1.29 is 18.0 Å². The van der Waals surface area contributed by atoms with E-state index in [2.05, 4.69) is 0 Å². The molecular weight excluding hydrogens is 213 g/mol. The van der Waals surface area contributed by atoms with Gasteiger partial charge in [-0.1, -0.05) is 18.7 Å². The first-order valence-electron chi connectivity index (χ1n) is 4.61. The van der Waals surface area contributed by atoms with Gasteiger partial charge < -0.3 is 0 Å². The number of carbonyl (C=O) groups excluding carboxylic acids is 1.